The smallest absolute Gasteiger partial charge is 0.410 e. The summed E-state index contributed by atoms with van der Waals surface area (Å²) >= 11 is 0. The molecule has 1 aliphatic carbocycles. The van der Waals surface area contributed by atoms with Crippen LogP contribution in [-0.4, -0.2) is 95.4 Å². The van der Waals surface area contributed by atoms with E-state index >= 15 is 0 Å². The maximum atomic E-state index is 12.8. The third-order valence-corrected chi connectivity index (χ3v) is 7.33. The van der Waals surface area contributed by atoms with Crippen molar-refractivity contribution in [3.8, 4) is 5.88 Å². The fourth-order valence-electron chi connectivity index (χ4n) is 5.32. The van der Waals surface area contributed by atoms with Crippen LogP contribution in [0.5, 0.6) is 5.88 Å². The predicted octanol–water partition coefficient (Wildman–Crippen LogP) is 2.72. The first-order valence-corrected chi connectivity index (χ1v) is 12.2. The number of carbonyl (C=O) groups is 1. The van der Waals surface area contributed by atoms with Crippen molar-refractivity contribution in [1.29, 1.82) is 0 Å². The van der Waals surface area contributed by atoms with E-state index in [9.17, 15) is 14.9 Å². The summed E-state index contributed by atoms with van der Waals surface area (Å²) in [6.07, 6.45) is 2.04. The Labute approximate surface area is 209 Å². The summed E-state index contributed by atoms with van der Waals surface area (Å²) < 4.78 is 11.0. The lowest BCUT2D eigenvalue weighted by Gasteiger charge is -2.43. The first-order chi connectivity index (χ1) is 17.0. The Morgan fingerprint density at radius 1 is 1.28 bits per heavy atom. The third kappa shape index (κ3) is 4.02. The molecule has 1 amide bonds. The highest BCUT2D eigenvalue weighted by atomic mass is 16.6. The van der Waals surface area contributed by atoms with E-state index in [1.54, 1.807) is 17.2 Å². The molecule has 3 aliphatic heterocycles. The van der Waals surface area contributed by atoms with Crippen LogP contribution in [-0.2, 0) is 4.74 Å². The Kier molecular flexibility index (Phi) is 5.81. The van der Waals surface area contributed by atoms with Gasteiger partial charge in [-0.15, -0.1) is 0 Å². The summed E-state index contributed by atoms with van der Waals surface area (Å²) in [6.45, 7) is 7.35. The Morgan fingerprint density at radius 2 is 2.00 bits per heavy atom. The monoisotopic (exact) mass is 499 g/mol. The van der Waals surface area contributed by atoms with Gasteiger partial charge < -0.3 is 29.5 Å². The van der Waals surface area contributed by atoms with Gasteiger partial charge in [0.1, 0.15) is 16.8 Å². The standard InChI is InChI=1S/C24H33N7O5/c1-24(2,3)36-23(32)30-10-13-9-16(30)17(13)26-18-15-7-8-25-22(35-6)19(15)27-21(20(18)31(33)34)29-11-14(12-29)28(4)5/h7-8,13-14,16-17H,9-12H2,1-6H3,(H,26,27). The van der Waals surface area contributed by atoms with Gasteiger partial charge in [0.2, 0.25) is 11.7 Å². The van der Waals surface area contributed by atoms with Crippen LogP contribution in [0.15, 0.2) is 12.3 Å². The summed E-state index contributed by atoms with van der Waals surface area (Å²) in [6, 6.07) is 1.79. The molecule has 12 nitrogen and oxygen atoms in total. The molecule has 3 atom stereocenters. The summed E-state index contributed by atoms with van der Waals surface area (Å²) in [4.78, 5) is 39.6. The highest BCUT2D eigenvalue weighted by Crippen LogP contribution is 2.48. The molecule has 0 spiro atoms. The number of pyridine rings is 2. The van der Waals surface area contributed by atoms with E-state index < -0.39 is 5.60 Å². The normalized spacial score (nSPS) is 23.5. The van der Waals surface area contributed by atoms with Gasteiger partial charge in [-0.3, -0.25) is 10.1 Å². The van der Waals surface area contributed by atoms with E-state index in [1.165, 1.54) is 7.11 Å². The second-order valence-corrected chi connectivity index (χ2v) is 11.0. The minimum Gasteiger partial charge on any atom is -0.479 e. The first kappa shape index (κ1) is 24.3. The number of methoxy groups -OCH3 is 1. The molecule has 2 aromatic heterocycles. The van der Waals surface area contributed by atoms with Gasteiger partial charge in [0.05, 0.1) is 24.1 Å². The molecule has 1 N–H and O–H groups in total. The zero-order valence-corrected chi connectivity index (χ0v) is 21.5. The summed E-state index contributed by atoms with van der Waals surface area (Å²) in [5.74, 6) is 0.790. The van der Waals surface area contributed by atoms with Crippen LogP contribution < -0.4 is 15.0 Å². The molecule has 36 heavy (non-hydrogen) atoms. The van der Waals surface area contributed by atoms with E-state index in [0.29, 0.717) is 54.0 Å². The van der Waals surface area contributed by atoms with Gasteiger partial charge in [0, 0.05) is 43.2 Å². The second-order valence-electron chi connectivity index (χ2n) is 11.0. The molecular weight excluding hydrogens is 466 g/mol. The number of carbonyl (C=O) groups excluding carboxylic acids is 1. The first-order valence-electron chi connectivity index (χ1n) is 12.2. The molecule has 3 unspecified atom stereocenters. The lowest BCUT2D eigenvalue weighted by Crippen LogP contribution is -2.58. The molecule has 2 bridgehead atoms. The van der Waals surface area contributed by atoms with Gasteiger partial charge >= 0.3 is 11.8 Å². The third-order valence-electron chi connectivity index (χ3n) is 7.33. The number of hydrogen-bond acceptors (Lipinski definition) is 10. The van der Waals surface area contributed by atoms with Crippen LogP contribution in [0.25, 0.3) is 10.9 Å². The van der Waals surface area contributed by atoms with Crippen molar-refractivity contribution in [3.63, 3.8) is 0 Å². The zero-order chi connectivity index (χ0) is 25.9. The Bertz CT molecular complexity index is 1210. The average molecular weight is 500 g/mol. The van der Waals surface area contributed by atoms with E-state index in [4.69, 9.17) is 9.47 Å². The number of nitro groups is 1. The van der Waals surface area contributed by atoms with Gasteiger partial charge in [0.15, 0.2) is 0 Å². The van der Waals surface area contributed by atoms with Gasteiger partial charge in [-0.05, 0) is 47.4 Å². The van der Waals surface area contributed by atoms with Gasteiger partial charge in [-0.1, -0.05) is 0 Å². The Hall–Kier alpha value is -3.41. The highest BCUT2D eigenvalue weighted by molar-refractivity contribution is 6.02. The van der Waals surface area contributed by atoms with Crippen molar-refractivity contribution in [2.75, 3.05) is 51.1 Å². The zero-order valence-electron chi connectivity index (χ0n) is 21.5. The summed E-state index contributed by atoms with van der Waals surface area (Å²) in [7, 11) is 5.49. The van der Waals surface area contributed by atoms with Crippen LogP contribution in [0, 0.1) is 16.0 Å². The minimum absolute atomic E-state index is 0.0666. The van der Waals surface area contributed by atoms with Gasteiger partial charge in [0.25, 0.3) is 0 Å². The second kappa shape index (κ2) is 8.61. The molecule has 194 valence electrons. The van der Waals surface area contributed by atoms with Gasteiger partial charge in [-0.25, -0.2) is 14.8 Å². The number of nitrogens with zero attached hydrogens (tertiary/aromatic N) is 6. The van der Waals surface area contributed by atoms with E-state index in [1.807, 2.05) is 39.8 Å². The lowest BCUT2D eigenvalue weighted by atomic mass is 9.79. The number of fused-ring (bicyclic) bond motifs is 2. The molecule has 4 aliphatic rings. The Balaban J connectivity index is 1.53. The fourth-order valence-corrected chi connectivity index (χ4v) is 5.32. The number of nitrogens with one attached hydrogen (secondary N) is 1. The quantitative estimate of drug-likeness (QED) is 0.468. The van der Waals surface area contributed by atoms with E-state index in [2.05, 4.69) is 20.2 Å². The van der Waals surface area contributed by atoms with Crippen LogP contribution in [0.3, 0.4) is 0 Å². The number of amides is 1. The van der Waals surface area contributed by atoms with Crippen molar-refractivity contribution in [3.05, 3.63) is 22.4 Å². The van der Waals surface area contributed by atoms with Crippen molar-refractivity contribution in [2.24, 2.45) is 5.92 Å². The molecule has 6 rings (SSSR count). The van der Waals surface area contributed by atoms with Crippen molar-refractivity contribution in [1.82, 2.24) is 19.8 Å². The summed E-state index contributed by atoms with van der Waals surface area (Å²) in [5.41, 5.74) is 0.197. The molecule has 12 heteroatoms. The van der Waals surface area contributed by atoms with E-state index in [-0.39, 0.29) is 34.7 Å². The van der Waals surface area contributed by atoms with Crippen molar-refractivity contribution >= 4 is 34.2 Å². The number of aromatic nitrogens is 2. The molecule has 0 radical (unpaired) electrons. The Morgan fingerprint density at radius 3 is 2.61 bits per heavy atom. The molecule has 5 heterocycles. The average Bonchev–Trinajstić information content (AvgIpc) is 3.34. The predicted molar refractivity (Wildman–Crippen MR) is 135 cm³/mol. The van der Waals surface area contributed by atoms with Crippen LogP contribution in [0.2, 0.25) is 0 Å². The van der Waals surface area contributed by atoms with Crippen LogP contribution in [0.4, 0.5) is 22.0 Å². The van der Waals surface area contributed by atoms with Crippen molar-refractivity contribution < 1.29 is 19.2 Å². The number of hydrogen-bond donors (Lipinski definition) is 1. The minimum atomic E-state index is -0.590. The topological polar surface area (TPSA) is 126 Å². The lowest BCUT2D eigenvalue weighted by molar-refractivity contribution is -0.383. The molecule has 4 fully saturated rings. The molecular formula is C24H33N7O5. The SMILES string of the molecule is COc1nccc2c(NC3C4CC3N(C(=O)OC(C)(C)C)C4)c([N+](=O)[O-])c(N3CC(N(C)C)C3)nc12. The molecule has 0 aromatic carbocycles. The number of rotatable bonds is 6. The maximum absolute atomic E-state index is 12.8. The fraction of sp³-hybridized carbons (Fsp3) is 0.625. The summed E-state index contributed by atoms with van der Waals surface area (Å²) in [5, 5.41) is 16.5. The van der Waals surface area contributed by atoms with Crippen molar-refractivity contribution in [2.45, 2.75) is 50.9 Å². The molecule has 2 aromatic rings. The van der Waals surface area contributed by atoms with Crippen LogP contribution >= 0.6 is 0 Å². The maximum Gasteiger partial charge on any atom is 0.410 e. The largest absolute Gasteiger partial charge is 0.479 e. The molecule has 3 saturated heterocycles. The number of ether oxygens (including phenoxy) is 2. The van der Waals surface area contributed by atoms with Gasteiger partial charge in [-0.2, -0.15) is 0 Å². The number of anilines is 2. The number of likely N-dealkylation sites (N-methyl/N-ethyl adjacent to an activating group) is 1. The molecule has 1 saturated carbocycles. The highest BCUT2D eigenvalue weighted by Gasteiger charge is 2.55. The van der Waals surface area contributed by atoms with E-state index in [0.717, 1.165) is 6.42 Å². The van der Waals surface area contributed by atoms with Crippen LogP contribution in [0.1, 0.15) is 27.2 Å².